The van der Waals surface area contributed by atoms with Crippen LogP contribution in [0.2, 0.25) is 0 Å². The van der Waals surface area contributed by atoms with Crippen molar-refractivity contribution in [2.45, 2.75) is 38.0 Å². The Kier molecular flexibility index (Phi) is 8.23. The Labute approximate surface area is 238 Å². The zero-order valence-electron chi connectivity index (χ0n) is 23.6. The molecule has 0 spiro atoms. The summed E-state index contributed by atoms with van der Waals surface area (Å²) in [6, 6.07) is 4.31. The summed E-state index contributed by atoms with van der Waals surface area (Å²) >= 11 is 0. The summed E-state index contributed by atoms with van der Waals surface area (Å²) in [4.78, 5) is 18.1. The van der Waals surface area contributed by atoms with E-state index in [1.807, 2.05) is 7.05 Å². The lowest BCUT2D eigenvalue weighted by Gasteiger charge is -2.35. The van der Waals surface area contributed by atoms with Gasteiger partial charge in [-0.1, -0.05) is 13.0 Å². The predicted molar refractivity (Wildman–Crippen MR) is 155 cm³/mol. The van der Waals surface area contributed by atoms with Crippen LogP contribution in [-0.4, -0.2) is 78.9 Å². The van der Waals surface area contributed by atoms with Gasteiger partial charge in [-0.15, -0.1) is 0 Å². The van der Waals surface area contributed by atoms with Crippen LogP contribution < -0.4 is 9.64 Å². The molecule has 1 fully saturated rings. The average molecular weight is 585 g/mol. The van der Waals surface area contributed by atoms with Crippen molar-refractivity contribution in [3.05, 3.63) is 60.2 Å². The van der Waals surface area contributed by atoms with Gasteiger partial charge in [0.25, 0.3) is 0 Å². The summed E-state index contributed by atoms with van der Waals surface area (Å²) in [5.74, 6) is -1.36. The molecule has 0 radical (unpaired) electrons. The molecule has 1 aromatic carbocycles. The normalized spacial score (nSPS) is 15.0. The van der Waals surface area contributed by atoms with Gasteiger partial charge >= 0.3 is 0 Å². The van der Waals surface area contributed by atoms with Crippen molar-refractivity contribution < 1.29 is 21.9 Å². The van der Waals surface area contributed by atoms with Crippen molar-refractivity contribution in [1.29, 1.82) is 0 Å². The number of sulfone groups is 1. The van der Waals surface area contributed by atoms with E-state index in [0.717, 1.165) is 32.0 Å². The molecule has 0 saturated carbocycles. The summed E-state index contributed by atoms with van der Waals surface area (Å²) in [7, 11) is 2.03. The standard InChI is InChI=1S/C29H34F2N6O3S/c1-5-12-41(38,39)18-19-6-7-24(30)28(26(19)31)37-17-23(20-13-22(40-4)15-32-14-20)27-25(37)16-33-29(34-27)36(3)21-8-10-35(2)11-9-21/h6-7,13-17,21H,5,8-12,18H2,1-4H3. The van der Waals surface area contributed by atoms with Crippen LogP contribution in [0.25, 0.3) is 27.8 Å². The largest absolute Gasteiger partial charge is 0.495 e. The zero-order chi connectivity index (χ0) is 29.3. The Balaban J connectivity index is 1.67. The summed E-state index contributed by atoms with van der Waals surface area (Å²) in [6.07, 6.45) is 8.67. The molecule has 218 valence electrons. The Morgan fingerprint density at radius 1 is 1.15 bits per heavy atom. The molecule has 1 saturated heterocycles. The highest BCUT2D eigenvalue weighted by Crippen LogP contribution is 2.35. The van der Waals surface area contributed by atoms with Crippen LogP contribution in [0.5, 0.6) is 5.75 Å². The molecule has 0 bridgehead atoms. The van der Waals surface area contributed by atoms with E-state index < -0.39 is 27.2 Å². The van der Waals surface area contributed by atoms with E-state index in [0.29, 0.717) is 40.3 Å². The van der Waals surface area contributed by atoms with Gasteiger partial charge in [0.1, 0.15) is 22.8 Å². The highest BCUT2D eigenvalue weighted by molar-refractivity contribution is 7.90. The third kappa shape index (κ3) is 5.89. The smallest absolute Gasteiger partial charge is 0.225 e. The van der Waals surface area contributed by atoms with Crippen molar-refractivity contribution in [1.82, 2.24) is 24.4 Å². The lowest BCUT2D eigenvalue weighted by Crippen LogP contribution is -2.42. The van der Waals surface area contributed by atoms with E-state index >= 15 is 8.78 Å². The van der Waals surface area contributed by atoms with Crippen LogP contribution in [0.15, 0.2) is 43.0 Å². The number of piperidine rings is 1. The van der Waals surface area contributed by atoms with Gasteiger partial charge in [0.2, 0.25) is 5.95 Å². The van der Waals surface area contributed by atoms with Gasteiger partial charge in [-0.2, -0.15) is 0 Å². The fourth-order valence-electron chi connectivity index (χ4n) is 5.33. The fourth-order valence-corrected chi connectivity index (χ4v) is 6.79. The Morgan fingerprint density at radius 2 is 1.90 bits per heavy atom. The van der Waals surface area contributed by atoms with Crippen molar-refractivity contribution in [3.8, 4) is 22.6 Å². The molecule has 0 amide bonds. The average Bonchev–Trinajstić information content (AvgIpc) is 3.33. The molecule has 1 aliphatic rings. The van der Waals surface area contributed by atoms with Crippen LogP contribution >= 0.6 is 0 Å². The number of rotatable bonds is 9. The van der Waals surface area contributed by atoms with Crippen LogP contribution in [0, 0.1) is 11.6 Å². The maximum absolute atomic E-state index is 15.9. The van der Waals surface area contributed by atoms with Crippen LogP contribution in [0.4, 0.5) is 14.7 Å². The van der Waals surface area contributed by atoms with Crippen molar-refractivity contribution in [2.24, 2.45) is 0 Å². The molecule has 3 aromatic heterocycles. The molecule has 0 aliphatic carbocycles. The molecule has 0 unspecified atom stereocenters. The summed E-state index contributed by atoms with van der Waals surface area (Å²) in [5, 5.41) is 0. The molecule has 12 heteroatoms. The first-order valence-electron chi connectivity index (χ1n) is 13.6. The molecule has 4 aromatic rings. The number of likely N-dealkylation sites (tertiary alicyclic amines) is 1. The summed E-state index contributed by atoms with van der Waals surface area (Å²) in [6.45, 7) is 3.68. The van der Waals surface area contributed by atoms with Crippen LogP contribution in [0.1, 0.15) is 31.7 Å². The second-order valence-electron chi connectivity index (χ2n) is 10.5. The number of fused-ring (bicyclic) bond motifs is 1. The number of halogens is 2. The van der Waals surface area contributed by atoms with E-state index in [4.69, 9.17) is 9.72 Å². The quantitative estimate of drug-likeness (QED) is 0.281. The minimum Gasteiger partial charge on any atom is -0.495 e. The van der Waals surface area contributed by atoms with E-state index in [1.165, 1.54) is 17.7 Å². The number of hydrogen-bond acceptors (Lipinski definition) is 8. The first kappa shape index (κ1) is 28.9. The number of anilines is 1. The van der Waals surface area contributed by atoms with Crippen LogP contribution in [-0.2, 0) is 15.6 Å². The van der Waals surface area contributed by atoms with E-state index in [2.05, 4.69) is 26.8 Å². The molecule has 41 heavy (non-hydrogen) atoms. The number of nitrogens with zero attached hydrogens (tertiary/aromatic N) is 6. The zero-order valence-corrected chi connectivity index (χ0v) is 24.5. The van der Waals surface area contributed by atoms with Gasteiger partial charge in [0, 0.05) is 42.2 Å². The minimum absolute atomic E-state index is 0.0833. The van der Waals surface area contributed by atoms with Crippen molar-refractivity contribution in [2.75, 3.05) is 44.9 Å². The second kappa shape index (κ2) is 11.7. The Bertz CT molecular complexity index is 1670. The molecule has 0 atom stereocenters. The van der Waals surface area contributed by atoms with Gasteiger partial charge in [0.15, 0.2) is 15.7 Å². The lowest BCUT2D eigenvalue weighted by atomic mass is 10.0. The van der Waals surface area contributed by atoms with Crippen LogP contribution in [0.3, 0.4) is 0 Å². The highest BCUT2D eigenvalue weighted by Gasteiger charge is 2.26. The number of benzene rings is 1. The Hall–Kier alpha value is -3.64. The maximum Gasteiger partial charge on any atom is 0.225 e. The molecule has 4 heterocycles. The molecule has 1 aliphatic heterocycles. The fraction of sp³-hybridized carbons (Fsp3) is 0.414. The number of aromatic nitrogens is 4. The van der Waals surface area contributed by atoms with E-state index in [-0.39, 0.29) is 23.0 Å². The highest BCUT2D eigenvalue weighted by atomic mass is 32.2. The first-order valence-corrected chi connectivity index (χ1v) is 15.4. The topological polar surface area (TPSA) is 93.4 Å². The second-order valence-corrected chi connectivity index (χ2v) is 12.7. The number of methoxy groups -OCH3 is 1. The number of pyridine rings is 1. The van der Waals surface area contributed by atoms with E-state index in [9.17, 15) is 8.42 Å². The third-order valence-corrected chi connectivity index (χ3v) is 9.40. The molecule has 5 rings (SSSR count). The van der Waals surface area contributed by atoms with Gasteiger partial charge in [-0.25, -0.2) is 27.2 Å². The molecular formula is C29H34F2N6O3S. The van der Waals surface area contributed by atoms with Gasteiger partial charge in [0.05, 0.1) is 36.5 Å². The summed E-state index contributed by atoms with van der Waals surface area (Å²) < 4.78 is 62.9. The SMILES string of the molecule is CCCS(=O)(=O)Cc1ccc(F)c(-n2cc(-c3cncc(OC)c3)c3nc(N(C)C4CCN(C)CC4)ncc32)c1F. The van der Waals surface area contributed by atoms with Gasteiger partial charge in [-0.05, 0) is 51.5 Å². The molecule has 0 N–H and O–H groups in total. The molecule has 9 nitrogen and oxygen atoms in total. The third-order valence-electron chi connectivity index (χ3n) is 7.62. The Morgan fingerprint density at radius 3 is 2.61 bits per heavy atom. The predicted octanol–water partition coefficient (Wildman–Crippen LogP) is 4.62. The monoisotopic (exact) mass is 584 g/mol. The van der Waals surface area contributed by atoms with Gasteiger partial charge in [-0.3, -0.25) is 4.98 Å². The van der Waals surface area contributed by atoms with E-state index in [1.54, 1.807) is 37.8 Å². The van der Waals surface area contributed by atoms with Crippen molar-refractivity contribution in [3.63, 3.8) is 0 Å². The molecular weight excluding hydrogens is 550 g/mol. The number of ether oxygens (including phenoxy) is 1. The maximum atomic E-state index is 15.9. The summed E-state index contributed by atoms with van der Waals surface area (Å²) in [5.41, 5.74) is 1.58. The lowest BCUT2D eigenvalue weighted by molar-refractivity contribution is 0.252. The van der Waals surface area contributed by atoms with Crippen molar-refractivity contribution >= 4 is 26.8 Å². The minimum atomic E-state index is -3.56. The first-order chi connectivity index (χ1) is 19.6. The number of hydrogen-bond donors (Lipinski definition) is 0. The van der Waals surface area contributed by atoms with Gasteiger partial charge < -0.3 is 19.1 Å².